The van der Waals surface area contributed by atoms with E-state index >= 15 is 0 Å². The molecule has 0 saturated carbocycles. The van der Waals surface area contributed by atoms with Gasteiger partial charge in [0.15, 0.2) is 0 Å². The number of aromatic nitrogens is 3. The lowest BCUT2D eigenvalue weighted by molar-refractivity contribution is 1.09. The number of nitrogens with zero attached hydrogens (tertiary/aromatic N) is 3. The molecule has 0 bridgehead atoms. The third kappa shape index (κ3) is 1.34. The molecule has 0 atom stereocenters. The van der Waals surface area contributed by atoms with Crippen molar-refractivity contribution in [2.24, 2.45) is 0 Å². The molecule has 0 aromatic carbocycles. The van der Waals surface area contributed by atoms with Gasteiger partial charge in [0, 0.05) is 6.20 Å². The van der Waals surface area contributed by atoms with Crippen molar-refractivity contribution in [1.29, 1.82) is 5.26 Å². The number of hydrogen-bond donors (Lipinski definition) is 1. The summed E-state index contributed by atoms with van der Waals surface area (Å²) in [5.41, 5.74) is 1.44. The van der Waals surface area contributed by atoms with Gasteiger partial charge in [-0.15, -0.1) is 0 Å². The summed E-state index contributed by atoms with van der Waals surface area (Å²) in [5, 5.41) is 15.5. The number of nitriles is 1. The highest BCUT2D eigenvalue weighted by atomic mass is 35.5. The van der Waals surface area contributed by atoms with Crippen molar-refractivity contribution < 1.29 is 0 Å². The van der Waals surface area contributed by atoms with E-state index in [9.17, 15) is 0 Å². The summed E-state index contributed by atoms with van der Waals surface area (Å²) in [7, 11) is 0. The average Bonchev–Trinajstić information content (AvgIpc) is 2.61. The van der Waals surface area contributed by atoms with Crippen molar-refractivity contribution in [1.82, 2.24) is 15.2 Å². The lowest BCUT2D eigenvalue weighted by Gasteiger charge is -1.93. The van der Waals surface area contributed by atoms with Crippen LogP contribution in [-0.4, -0.2) is 15.2 Å². The molecular weight excluding hydrogens is 200 g/mol. The van der Waals surface area contributed by atoms with E-state index in [0.717, 1.165) is 0 Å². The molecule has 0 amide bonds. The van der Waals surface area contributed by atoms with Crippen LogP contribution < -0.4 is 0 Å². The summed E-state index contributed by atoms with van der Waals surface area (Å²) in [6.07, 6.45) is 1.64. The first kappa shape index (κ1) is 8.73. The number of aromatic amines is 1. The average molecular weight is 205 g/mol. The van der Waals surface area contributed by atoms with Gasteiger partial charge in [-0.05, 0) is 12.1 Å². The molecule has 1 N–H and O–H groups in total. The van der Waals surface area contributed by atoms with E-state index in [2.05, 4.69) is 15.2 Å². The van der Waals surface area contributed by atoms with Crippen LogP contribution in [0.5, 0.6) is 0 Å². The fraction of sp³-hybridized carbons (Fsp3) is 0. The Morgan fingerprint density at radius 2 is 2.29 bits per heavy atom. The second-order valence-corrected chi connectivity index (χ2v) is 2.97. The summed E-state index contributed by atoms with van der Waals surface area (Å²) >= 11 is 5.73. The van der Waals surface area contributed by atoms with E-state index in [1.807, 2.05) is 12.1 Å². The van der Waals surface area contributed by atoms with Gasteiger partial charge in [0.25, 0.3) is 0 Å². The van der Waals surface area contributed by atoms with Gasteiger partial charge in [0.1, 0.15) is 22.5 Å². The first-order valence-electron chi connectivity index (χ1n) is 3.88. The Morgan fingerprint density at radius 1 is 1.43 bits per heavy atom. The number of hydrogen-bond acceptors (Lipinski definition) is 3. The smallest absolute Gasteiger partial charge is 0.142 e. The molecule has 0 fully saturated rings. The predicted molar refractivity (Wildman–Crippen MR) is 51.5 cm³/mol. The molecule has 0 aliphatic rings. The highest BCUT2D eigenvalue weighted by Gasteiger charge is 2.13. The topological polar surface area (TPSA) is 65.4 Å². The Kier molecular flexibility index (Phi) is 2.17. The summed E-state index contributed by atoms with van der Waals surface area (Å²) in [6, 6.07) is 7.37. The van der Waals surface area contributed by atoms with Crippen LogP contribution in [0.4, 0.5) is 0 Å². The molecule has 2 heterocycles. The predicted octanol–water partition coefficient (Wildman–Crippen LogP) is 2.00. The first-order valence-corrected chi connectivity index (χ1v) is 4.26. The molecule has 0 unspecified atom stereocenters. The molecule has 14 heavy (non-hydrogen) atoms. The number of rotatable bonds is 1. The minimum Gasteiger partial charge on any atom is -0.265 e. The normalized spacial score (nSPS) is 9.71. The third-order valence-corrected chi connectivity index (χ3v) is 2.01. The lowest BCUT2D eigenvalue weighted by Crippen LogP contribution is -1.84. The lowest BCUT2D eigenvalue weighted by atomic mass is 10.2. The second kappa shape index (κ2) is 3.48. The molecule has 5 heteroatoms. The van der Waals surface area contributed by atoms with Gasteiger partial charge < -0.3 is 0 Å². The van der Waals surface area contributed by atoms with Gasteiger partial charge >= 0.3 is 0 Å². The van der Waals surface area contributed by atoms with Crippen LogP contribution in [0.3, 0.4) is 0 Å². The summed E-state index contributed by atoms with van der Waals surface area (Å²) in [5.74, 6) is 0. The molecule has 0 saturated heterocycles. The zero-order chi connectivity index (χ0) is 9.97. The Labute approximate surface area is 85.2 Å². The largest absolute Gasteiger partial charge is 0.265 e. The molecule has 0 radical (unpaired) electrons. The molecule has 0 spiro atoms. The van der Waals surface area contributed by atoms with Gasteiger partial charge in [-0.2, -0.15) is 10.4 Å². The SMILES string of the molecule is N#Cc1c(-c2ccccn2)n[nH]c1Cl. The standard InChI is InChI=1S/C9H5ClN4/c10-9-6(5-11)8(13-14-9)7-3-1-2-4-12-7/h1-4H,(H,13,14). The van der Waals surface area contributed by atoms with E-state index in [-0.39, 0.29) is 5.15 Å². The van der Waals surface area contributed by atoms with Crippen LogP contribution >= 0.6 is 11.6 Å². The maximum Gasteiger partial charge on any atom is 0.142 e. The van der Waals surface area contributed by atoms with Gasteiger partial charge in [-0.25, -0.2) is 0 Å². The van der Waals surface area contributed by atoms with Crippen molar-refractivity contribution >= 4 is 11.6 Å². The van der Waals surface area contributed by atoms with Crippen LogP contribution in [0.15, 0.2) is 24.4 Å². The van der Waals surface area contributed by atoms with Gasteiger partial charge in [0.2, 0.25) is 0 Å². The molecular formula is C9H5ClN4. The number of pyridine rings is 1. The number of halogens is 1. The molecule has 0 aliphatic carbocycles. The van der Waals surface area contributed by atoms with Crippen molar-refractivity contribution in [2.75, 3.05) is 0 Å². The minimum atomic E-state index is 0.244. The van der Waals surface area contributed by atoms with E-state index < -0.39 is 0 Å². The first-order chi connectivity index (χ1) is 6.83. The molecule has 2 rings (SSSR count). The van der Waals surface area contributed by atoms with Gasteiger partial charge in [0.05, 0.1) is 5.69 Å². The van der Waals surface area contributed by atoms with Crippen molar-refractivity contribution in [2.45, 2.75) is 0 Å². The maximum atomic E-state index is 8.83. The van der Waals surface area contributed by atoms with Crippen molar-refractivity contribution in [3.05, 3.63) is 35.1 Å². The van der Waals surface area contributed by atoms with Crippen LogP contribution in [0.25, 0.3) is 11.4 Å². The monoisotopic (exact) mass is 204 g/mol. The van der Waals surface area contributed by atoms with Gasteiger partial charge in [-0.1, -0.05) is 17.7 Å². The highest BCUT2D eigenvalue weighted by molar-refractivity contribution is 6.30. The van der Waals surface area contributed by atoms with Crippen LogP contribution in [0, 0.1) is 11.3 Å². The third-order valence-electron chi connectivity index (χ3n) is 1.74. The minimum absolute atomic E-state index is 0.244. The van der Waals surface area contributed by atoms with E-state index in [1.165, 1.54) is 0 Å². The van der Waals surface area contributed by atoms with Crippen LogP contribution in [0.2, 0.25) is 5.15 Å². The molecule has 4 nitrogen and oxygen atoms in total. The van der Waals surface area contributed by atoms with Crippen LogP contribution in [-0.2, 0) is 0 Å². The Hall–Kier alpha value is -1.86. The number of nitrogens with one attached hydrogen (secondary N) is 1. The molecule has 68 valence electrons. The Bertz CT molecular complexity index is 483. The summed E-state index contributed by atoms with van der Waals surface area (Å²) < 4.78 is 0. The molecule has 2 aromatic heterocycles. The fourth-order valence-electron chi connectivity index (χ4n) is 1.11. The Morgan fingerprint density at radius 3 is 2.93 bits per heavy atom. The molecule has 0 aliphatic heterocycles. The van der Waals surface area contributed by atoms with Crippen molar-refractivity contribution in [3.8, 4) is 17.5 Å². The Balaban J connectivity index is 2.59. The quantitative estimate of drug-likeness (QED) is 0.773. The van der Waals surface area contributed by atoms with Crippen molar-refractivity contribution in [3.63, 3.8) is 0 Å². The summed E-state index contributed by atoms with van der Waals surface area (Å²) in [4.78, 5) is 4.08. The number of H-pyrrole nitrogens is 1. The zero-order valence-corrected chi connectivity index (χ0v) is 7.78. The van der Waals surface area contributed by atoms with E-state index in [4.69, 9.17) is 16.9 Å². The second-order valence-electron chi connectivity index (χ2n) is 2.59. The van der Waals surface area contributed by atoms with Crippen LogP contribution in [0.1, 0.15) is 5.56 Å². The summed E-state index contributed by atoms with van der Waals surface area (Å²) in [6.45, 7) is 0. The molecule has 2 aromatic rings. The van der Waals surface area contributed by atoms with E-state index in [0.29, 0.717) is 17.0 Å². The zero-order valence-electron chi connectivity index (χ0n) is 7.03. The highest BCUT2D eigenvalue weighted by Crippen LogP contribution is 2.23. The maximum absolute atomic E-state index is 8.83. The van der Waals surface area contributed by atoms with E-state index in [1.54, 1.807) is 18.3 Å². The fourth-order valence-corrected chi connectivity index (χ4v) is 1.28. The van der Waals surface area contributed by atoms with Gasteiger partial charge in [-0.3, -0.25) is 10.1 Å².